The number of hydrogen-bond donors (Lipinski definition) is 3. The lowest BCUT2D eigenvalue weighted by Gasteiger charge is -2.37. The number of aryl methyl sites for hydroxylation is 1. The molecule has 1 aromatic carbocycles. The lowest BCUT2D eigenvalue weighted by molar-refractivity contribution is -0.155. The van der Waals surface area contributed by atoms with Crippen LogP contribution in [0.5, 0.6) is 0 Å². The Hall–Kier alpha value is -4.21. The van der Waals surface area contributed by atoms with E-state index in [0.717, 1.165) is 121 Å². The zero-order valence-electron chi connectivity index (χ0n) is 37.1. The molecule has 62 heavy (non-hydrogen) atoms. The number of methoxy groups -OCH3 is 1. The van der Waals surface area contributed by atoms with Crippen molar-refractivity contribution in [2.75, 3.05) is 46.4 Å². The van der Waals surface area contributed by atoms with Crippen LogP contribution in [0.1, 0.15) is 101 Å². The Labute approximate surface area is 369 Å². The van der Waals surface area contributed by atoms with Crippen molar-refractivity contribution in [3.63, 3.8) is 0 Å². The van der Waals surface area contributed by atoms with Crippen molar-refractivity contribution in [2.24, 2.45) is 16.7 Å². The number of benzene rings is 1. The van der Waals surface area contributed by atoms with Crippen LogP contribution in [0.3, 0.4) is 0 Å². The van der Waals surface area contributed by atoms with Crippen LogP contribution in [0.2, 0.25) is 0 Å². The number of carbonyl (C=O) groups is 3. The maximum Gasteiger partial charge on any atom is 0.324 e. The van der Waals surface area contributed by atoms with Crippen molar-refractivity contribution in [3.8, 4) is 22.5 Å². The van der Waals surface area contributed by atoms with Crippen LogP contribution < -0.4 is 16.1 Å². The Morgan fingerprint density at radius 2 is 1.95 bits per heavy atom. The first-order chi connectivity index (χ1) is 30.0. The Kier molecular flexibility index (Phi) is 12.3. The molecule has 1 spiro atoms. The van der Waals surface area contributed by atoms with E-state index in [4.69, 9.17) is 19.4 Å². The predicted octanol–water partition coefficient (Wildman–Crippen LogP) is 6.45. The molecular weight excluding hydrogens is 801 g/mol. The highest BCUT2D eigenvalue weighted by atomic mass is 32.1. The highest BCUT2D eigenvalue weighted by Gasteiger charge is 2.47. The van der Waals surface area contributed by atoms with Gasteiger partial charge in [0.15, 0.2) is 0 Å². The molecule has 3 N–H and O–H groups in total. The number of ether oxygens (including phenoxy) is 2. The Morgan fingerprint density at radius 3 is 2.73 bits per heavy atom. The average molecular weight is 865 g/mol. The van der Waals surface area contributed by atoms with Gasteiger partial charge in [0.25, 0.3) is 5.91 Å². The third kappa shape index (κ3) is 8.45. The molecule has 332 valence electrons. The summed E-state index contributed by atoms with van der Waals surface area (Å²) in [5, 5.41) is 12.4. The zero-order valence-corrected chi connectivity index (χ0v) is 38.0. The lowest BCUT2D eigenvalue weighted by Crippen LogP contribution is -2.62. The summed E-state index contributed by atoms with van der Waals surface area (Å²) in [7, 11) is 1.71. The molecule has 7 heterocycles. The van der Waals surface area contributed by atoms with Crippen molar-refractivity contribution in [1.29, 1.82) is 0 Å². The quantitative estimate of drug-likeness (QED) is 0.169. The molecule has 5 atom stereocenters. The summed E-state index contributed by atoms with van der Waals surface area (Å²) < 4.78 is 14.4. The van der Waals surface area contributed by atoms with E-state index in [1.165, 1.54) is 11.3 Å². The van der Waals surface area contributed by atoms with Crippen LogP contribution in [0.15, 0.2) is 41.9 Å². The first-order valence-electron chi connectivity index (χ1n) is 23.0. The van der Waals surface area contributed by atoms with Gasteiger partial charge in [-0.25, -0.2) is 10.4 Å². The van der Waals surface area contributed by atoms with Crippen molar-refractivity contribution in [2.45, 2.75) is 123 Å². The minimum Gasteiger partial charge on any atom is -0.464 e. The second-order valence-corrected chi connectivity index (χ2v) is 20.4. The SMILES string of the molecule is CCn1c(-c2cccnc2[C@H](C)OC)c2c3cc(ccc31)-c1csc(n1)C[C@H](NC(=O)[C@H](C1CCCC1)N1CC[C@]3(CCNC3)C1)C(=O)N1CCC[C@H](N1)C(=O)OCC(C)(C)C2. The fraction of sp³-hybridized carbons (Fsp3) is 0.604. The number of nitrogens with one attached hydrogen (secondary N) is 3. The Balaban J connectivity index is 1.10. The van der Waals surface area contributed by atoms with Gasteiger partial charge in [0, 0.05) is 78.7 Å². The number of nitrogens with zero attached hydrogens (tertiary/aromatic N) is 5. The topological polar surface area (TPSA) is 143 Å². The third-order valence-corrected chi connectivity index (χ3v) is 15.3. The van der Waals surface area contributed by atoms with Crippen LogP contribution in [-0.4, -0.2) is 107 Å². The number of likely N-dealkylation sites (tertiary alicyclic amines) is 1. The largest absolute Gasteiger partial charge is 0.464 e. The number of esters is 1. The van der Waals surface area contributed by atoms with Crippen molar-refractivity contribution in [3.05, 3.63) is 58.2 Å². The summed E-state index contributed by atoms with van der Waals surface area (Å²) in [6, 6.07) is 8.81. The smallest absolute Gasteiger partial charge is 0.324 e. The van der Waals surface area contributed by atoms with Crippen LogP contribution >= 0.6 is 11.3 Å². The normalized spacial score (nSPS) is 25.9. The highest BCUT2D eigenvalue weighted by molar-refractivity contribution is 7.10. The average Bonchev–Trinajstić information content (AvgIpc) is 4.15. The number of thiazole rings is 1. The van der Waals surface area contributed by atoms with Gasteiger partial charge in [-0.15, -0.1) is 11.3 Å². The van der Waals surface area contributed by atoms with Gasteiger partial charge in [0.2, 0.25) is 5.91 Å². The molecule has 4 aromatic rings. The molecule has 0 radical (unpaired) electrons. The molecule has 0 unspecified atom stereocenters. The van der Waals surface area contributed by atoms with Gasteiger partial charge in [-0.2, -0.15) is 0 Å². The van der Waals surface area contributed by atoms with E-state index in [0.29, 0.717) is 25.8 Å². The number of hydrogen-bond acceptors (Lipinski definition) is 11. The molecule has 1 aliphatic carbocycles. The number of amides is 2. The fourth-order valence-corrected chi connectivity index (χ4v) is 12.0. The maximum atomic E-state index is 14.8. The number of pyridine rings is 1. The van der Waals surface area contributed by atoms with E-state index in [2.05, 4.69) is 75.9 Å². The van der Waals surface area contributed by atoms with Gasteiger partial charge in [-0.1, -0.05) is 32.8 Å². The van der Waals surface area contributed by atoms with Gasteiger partial charge in [-0.3, -0.25) is 29.3 Å². The molecule has 14 heteroatoms. The van der Waals surface area contributed by atoms with Gasteiger partial charge < -0.3 is 24.7 Å². The number of carbonyl (C=O) groups excluding carboxylic acids is 3. The highest BCUT2D eigenvalue weighted by Crippen LogP contribution is 2.43. The molecule has 4 aliphatic heterocycles. The van der Waals surface area contributed by atoms with E-state index >= 15 is 0 Å². The third-order valence-electron chi connectivity index (χ3n) is 14.5. The number of fused-ring (bicyclic) bond motifs is 6. The number of aromatic nitrogens is 3. The second kappa shape index (κ2) is 17.8. The molecular formula is C48H64N8O5S. The number of rotatable bonds is 8. The van der Waals surface area contributed by atoms with Gasteiger partial charge in [0.05, 0.1) is 40.8 Å². The Morgan fingerprint density at radius 1 is 1.11 bits per heavy atom. The van der Waals surface area contributed by atoms with Crippen molar-refractivity contribution in [1.82, 2.24) is 40.5 Å². The summed E-state index contributed by atoms with van der Waals surface area (Å²) in [4.78, 5) is 55.9. The first kappa shape index (κ1) is 43.1. The molecule has 3 saturated heterocycles. The fourth-order valence-electron chi connectivity index (χ4n) is 11.1. The summed E-state index contributed by atoms with van der Waals surface area (Å²) >= 11 is 1.52. The van der Waals surface area contributed by atoms with Gasteiger partial charge in [0.1, 0.15) is 12.1 Å². The van der Waals surface area contributed by atoms with Gasteiger partial charge in [-0.05, 0) is 113 Å². The van der Waals surface area contributed by atoms with E-state index in [1.54, 1.807) is 12.1 Å². The molecule has 5 aliphatic rings. The molecule has 4 fully saturated rings. The van der Waals surface area contributed by atoms with Gasteiger partial charge >= 0.3 is 5.97 Å². The minimum absolute atomic E-state index is 0.0711. The minimum atomic E-state index is -0.867. The number of cyclic esters (lactones) is 1. The molecule has 9 rings (SSSR count). The summed E-state index contributed by atoms with van der Waals surface area (Å²) in [6.45, 7) is 13.6. The molecule has 1 saturated carbocycles. The summed E-state index contributed by atoms with van der Waals surface area (Å²) in [5.74, 6) is -0.449. The Bertz CT molecular complexity index is 2290. The van der Waals surface area contributed by atoms with Crippen LogP contribution in [0.4, 0.5) is 0 Å². The predicted molar refractivity (Wildman–Crippen MR) is 241 cm³/mol. The van der Waals surface area contributed by atoms with Crippen LogP contribution in [0, 0.1) is 16.7 Å². The second-order valence-electron chi connectivity index (χ2n) is 19.4. The first-order valence-corrected chi connectivity index (χ1v) is 23.9. The van der Waals surface area contributed by atoms with Crippen LogP contribution in [0.25, 0.3) is 33.4 Å². The van der Waals surface area contributed by atoms with E-state index in [9.17, 15) is 14.4 Å². The van der Waals surface area contributed by atoms with E-state index in [-0.39, 0.29) is 54.3 Å². The summed E-state index contributed by atoms with van der Waals surface area (Å²) in [5.41, 5.74) is 10.0. The molecule has 3 aromatic heterocycles. The number of hydrazine groups is 1. The standard InChI is InChI=1S/C48H64N8O5S/c1-6-55-39-16-15-32-23-34(39)35(43(55)33-13-9-19-50-41(33)30(2)60-5)25-47(3,4)29-61-46(59)36-14-10-21-56(53-36)45(58)37(24-40-51-38(32)26-62-40)52-44(57)42(31-11-7-8-12-31)54-22-18-48(28-54)17-20-49-27-48/h9,13,15-16,19,23,26,30-31,36-37,42,49,53H,6-8,10-12,14,17-18,20-22,24-25,27-29H2,1-5H3,(H,52,57)/t30-,36-,37-,42-,48-/m0/s1. The van der Waals surface area contributed by atoms with Crippen molar-refractivity contribution < 1.29 is 23.9 Å². The maximum absolute atomic E-state index is 14.8. The van der Waals surface area contributed by atoms with E-state index in [1.807, 2.05) is 19.2 Å². The monoisotopic (exact) mass is 864 g/mol. The van der Waals surface area contributed by atoms with E-state index < -0.39 is 17.5 Å². The lowest BCUT2D eigenvalue weighted by atomic mass is 9.84. The molecule has 2 amide bonds. The summed E-state index contributed by atoms with van der Waals surface area (Å²) in [6.07, 6.45) is 10.2. The zero-order chi connectivity index (χ0) is 43.2. The van der Waals surface area contributed by atoms with Crippen molar-refractivity contribution >= 4 is 40.0 Å². The molecule has 13 nitrogen and oxygen atoms in total. The molecule has 6 bridgehead atoms. The van der Waals surface area contributed by atoms with Crippen LogP contribution in [-0.2, 0) is 43.2 Å².